The summed E-state index contributed by atoms with van der Waals surface area (Å²) >= 11 is 0. The van der Waals surface area contributed by atoms with Gasteiger partial charge in [-0.15, -0.1) is 0 Å². The van der Waals surface area contributed by atoms with Crippen molar-refractivity contribution in [3.05, 3.63) is 35.4 Å². The van der Waals surface area contributed by atoms with E-state index in [1.54, 1.807) is 13.8 Å². The van der Waals surface area contributed by atoms with Crippen molar-refractivity contribution in [3.63, 3.8) is 0 Å². The molecule has 0 amide bonds. The molecule has 0 aromatic heterocycles. The number of esters is 1. The van der Waals surface area contributed by atoms with Crippen molar-refractivity contribution in [2.45, 2.75) is 20.0 Å². The first kappa shape index (κ1) is 16.6. The topological polar surface area (TPSA) is 72.8 Å². The second kappa shape index (κ2) is 7.37. The fraction of sp³-hybridized carbons (Fsp3) is 0.286. The molecule has 0 fully saturated rings. The first-order chi connectivity index (χ1) is 9.79. The predicted molar refractivity (Wildman–Crippen MR) is 69.8 cm³/mol. The number of carboxylic acid groups (broad SMARTS) is 1. The third-order valence-electron chi connectivity index (χ3n) is 2.14. The molecule has 0 saturated heterocycles. The summed E-state index contributed by atoms with van der Waals surface area (Å²) in [6.45, 7) is 2.63. The SMILES string of the molecule is CC(C)OC(=O)COc1c(F)cc(C=CC(=O)O)cc1F. The van der Waals surface area contributed by atoms with Gasteiger partial charge in [-0.1, -0.05) is 0 Å². The van der Waals surface area contributed by atoms with Gasteiger partial charge in [0.25, 0.3) is 0 Å². The predicted octanol–water partition coefficient (Wildman–Crippen LogP) is 2.39. The highest BCUT2D eigenvalue weighted by molar-refractivity contribution is 5.85. The third-order valence-corrected chi connectivity index (χ3v) is 2.14. The normalized spacial score (nSPS) is 10.9. The molecule has 1 N–H and O–H groups in total. The second-order valence-electron chi connectivity index (χ2n) is 4.31. The number of hydrogen-bond acceptors (Lipinski definition) is 4. The summed E-state index contributed by atoms with van der Waals surface area (Å²) in [5, 5.41) is 8.43. The highest BCUT2D eigenvalue weighted by Gasteiger charge is 2.15. The van der Waals surface area contributed by atoms with Gasteiger partial charge in [0.2, 0.25) is 0 Å². The standard InChI is InChI=1S/C14H14F2O5/c1-8(2)21-13(19)7-20-14-10(15)5-9(6-11(14)16)3-4-12(17)18/h3-6,8H,7H2,1-2H3,(H,17,18). The maximum absolute atomic E-state index is 13.6. The van der Waals surface area contributed by atoms with Gasteiger partial charge in [0.15, 0.2) is 24.0 Å². The zero-order valence-electron chi connectivity index (χ0n) is 11.4. The first-order valence-corrected chi connectivity index (χ1v) is 6.02. The maximum atomic E-state index is 13.6. The van der Waals surface area contributed by atoms with Gasteiger partial charge in [0.05, 0.1) is 6.10 Å². The molecular weight excluding hydrogens is 286 g/mol. The lowest BCUT2D eigenvalue weighted by Gasteiger charge is -2.10. The van der Waals surface area contributed by atoms with Crippen molar-refractivity contribution in [1.82, 2.24) is 0 Å². The Kier molecular flexibility index (Phi) is 5.83. The van der Waals surface area contributed by atoms with Crippen LogP contribution in [0.3, 0.4) is 0 Å². The monoisotopic (exact) mass is 300 g/mol. The van der Waals surface area contributed by atoms with Gasteiger partial charge in [-0.25, -0.2) is 18.4 Å². The Labute approximate surface area is 119 Å². The van der Waals surface area contributed by atoms with Gasteiger partial charge < -0.3 is 14.6 Å². The molecule has 7 heteroatoms. The third kappa shape index (κ3) is 5.60. The number of carbonyl (C=O) groups excluding carboxylic acids is 1. The minimum absolute atomic E-state index is 0.0181. The van der Waals surface area contributed by atoms with E-state index in [9.17, 15) is 18.4 Å². The molecule has 0 unspecified atom stereocenters. The Bertz CT molecular complexity index is 543. The van der Waals surface area contributed by atoms with Crippen LogP contribution < -0.4 is 4.74 Å². The summed E-state index contributed by atoms with van der Waals surface area (Å²) in [5.41, 5.74) is 0.0181. The molecule has 0 aliphatic heterocycles. The number of aliphatic carboxylic acids is 1. The van der Waals surface area contributed by atoms with Crippen LogP contribution in [0.4, 0.5) is 8.78 Å². The van der Waals surface area contributed by atoms with E-state index in [2.05, 4.69) is 0 Å². The quantitative estimate of drug-likeness (QED) is 0.645. The molecule has 1 rings (SSSR count). The summed E-state index contributed by atoms with van der Waals surface area (Å²) in [6, 6.07) is 1.79. The van der Waals surface area contributed by atoms with Gasteiger partial charge >= 0.3 is 11.9 Å². The highest BCUT2D eigenvalue weighted by Crippen LogP contribution is 2.24. The molecule has 0 spiro atoms. The number of hydrogen-bond donors (Lipinski definition) is 1. The molecule has 0 bridgehead atoms. The molecule has 0 saturated carbocycles. The lowest BCUT2D eigenvalue weighted by molar-refractivity contribution is -0.149. The Morgan fingerprint density at radius 1 is 1.29 bits per heavy atom. The van der Waals surface area contributed by atoms with Gasteiger partial charge in [-0.2, -0.15) is 0 Å². The van der Waals surface area contributed by atoms with Crippen LogP contribution in [0.15, 0.2) is 18.2 Å². The summed E-state index contributed by atoms with van der Waals surface area (Å²) in [7, 11) is 0. The van der Waals surface area contributed by atoms with Gasteiger partial charge in [-0.05, 0) is 37.6 Å². The molecule has 0 atom stereocenters. The minimum Gasteiger partial charge on any atom is -0.478 e. The zero-order chi connectivity index (χ0) is 16.0. The molecule has 0 heterocycles. The van der Waals surface area contributed by atoms with Crippen LogP contribution in [0, 0.1) is 11.6 Å². The first-order valence-electron chi connectivity index (χ1n) is 6.02. The van der Waals surface area contributed by atoms with E-state index in [4.69, 9.17) is 14.6 Å². The fourth-order valence-corrected chi connectivity index (χ4v) is 1.41. The van der Waals surface area contributed by atoms with E-state index in [0.717, 1.165) is 24.3 Å². The second-order valence-corrected chi connectivity index (χ2v) is 4.31. The Balaban J connectivity index is 2.80. The van der Waals surface area contributed by atoms with Crippen molar-refractivity contribution in [1.29, 1.82) is 0 Å². The highest BCUT2D eigenvalue weighted by atomic mass is 19.1. The fourth-order valence-electron chi connectivity index (χ4n) is 1.41. The summed E-state index contributed by atoms with van der Waals surface area (Å²) in [4.78, 5) is 21.5. The average Bonchev–Trinajstić information content (AvgIpc) is 2.34. The van der Waals surface area contributed by atoms with Crippen LogP contribution in [0.5, 0.6) is 5.75 Å². The van der Waals surface area contributed by atoms with Crippen molar-refractivity contribution in [2.75, 3.05) is 6.61 Å². The Hall–Kier alpha value is -2.44. The number of benzene rings is 1. The number of rotatable bonds is 6. The molecule has 5 nitrogen and oxygen atoms in total. The van der Waals surface area contributed by atoms with Crippen molar-refractivity contribution >= 4 is 18.0 Å². The van der Waals surface area contributed by atoms with Gasteiger partial charge in [0.1, 0.15) is 0 Å². The molecule has 0 aliphatic rings. The minimum atomic E-state index is -1.24. The zero-order valence-corrected chi connectivity index (χ0v) is 11.4. The number of ether oxygens (including phenoxy) is 2. The Morgan fingerprint density at radius 2 is 1.86 bits per heavy atom. The molecule has 0 radical (unpaired) electrons. The van der Waals surface area contributed by atoms with Gasteiger partial charge in [0, 0.05) is 6.08 Å². The van der Waals surface area contributed by atoms with E-state index in [-0.39, 0.29) is 11.7 Å². The van der Waals surface area contributed by atoms with Crippen LogP contribution in [-0.2, 0) is 14.3 Å². The average molecular weight is 300 g/mol. The van der Waals surface area contributed by atoms with Crippen LogP contribution in [0.2, 0.25) is 0 Å². The lowest BCUT2D eigenvalue weighted by Crippen LogP contribution is -2.19. The maximum Gasteiger partial charge on any atom is 0.344 e. The summed E-state index contributed by atoms with van der Waals surface area (Å²) < 4.78 is 36.8. The largest absolute Gasteiger partial charge is 0.478 e. The smallest absolute Gasteiger partial charge is 0.344 e. The molecule has 1 aromatic carbocycles. The molecular formula is C14H14F2O5. The number of carboxylic acids is 1. The van der Waals surface area contributed by atoms with E-state index < -0.39 is 35.9 Å². The lowest BCUT2D eigenvalue weighted by atomic mass is 10.2. The molecule has 1 aromatic rings. The van der Waals surface area contributed by atoms with Gasteiger partial charge in [-0.3, -0.25) is 0 Å². The summed E-state index contributed by atoms with van der Waals surface area (Å²) in [6.07, 6.45) is 1.42. The van der Waals surface area contributed by atoms with Crippen molar-refractivity contribution in [3.8, 4) is 5.75 Å². The summed E-state index contributed by atoms with van der Waals surface area (Å²) in [5.74, 6) is -4.80. The Morgan fingerprint density at radius 3 is 2.33 bits per heavy atom. The van der Waals surface area contributed by atoms with E-state index in [0.29, 0.717) is 0 Å². The van der Waals surface area contributed by atoms with Crippen molar-refractivity contribution < 1.29 is 33.0 Å². The number of carbonyl (C=O) groups is 2. The van der Waals surface area contributed by atoms with Crippen LogP contribution in [0.25, 0.3) is 6.08 Å². The molecule has 114 valence electrons. The molecule has 0 aliphatic carbocycles. The van der Waals surface area contributed by atoms with Crippen LogP contribution in [0.1, 0.15) is 19.4 Å². The number of halogens is 2. The van der Waals surface area contributed by atoms with Crippen molar-refractivity contribution in [2.24, 2.45) is 0 Å². The van der Waals surface area contributed by atoms with E-state index >= 15 is 0 Å². The van der Waals surface area contributed by atoms with E-state index in [1.165, 1.54) is 0 Å². The molecule has 21 heavy (non-hydrogen) atoms. The van der Waals surface area contributed by atoms with Crippen LogP contribution in [-0.4, -0.2) is 29.8 Å². The van der Waals surface area contributed by atoms with Crippen LogP contribution >= 0.6 is 0 Å². The van der Waals surface area contributed by atoms with E-state index in [1.807, 2.05) is 0 Å².